The van der Waals surface area contributed by atoms with Gasteiger partial charge in [0.25, 0.3) is 0 Å². The number of likely N-dealkylation sites (tertiary alicyclic amines) is 1. The monoisotopic (exact) mass is 307 g/mol. The number of hydrogen-bond donors (Lipinski definition) is 2. The summed E-state index contributed by atoms with van der Waals surface area (Å²) in [6, 6.07) is 0.167. The molecule has 8 heteroatoms. The first-order valence-electron chi connectivity index (χ1n) is 6.99. The number of rotatable bonds is 9. The highest BCUT2D eigenvalue weighted by Gasteiger charge is 2.28. The van der Waals surface area contributed by atoms with E-state index in [4.69, 9.17) is 4.74 Å². The summed E-state index contributed by atoms with van der Waals surface area (Å²) in [6.07, 6.45) is 1.93. The number of carbonyl (C=O) groups is 1. The number of likely N-dealkylation sites (N-methyl/N-ethyl adjacent to an activating group) is 1. The molecule has 1 saturated heterocycles. The molecule has 1 unspecified atom stereocenters. The number of carbonyl (C=O) groups excluding carboxylic acids is 1. The summed E-state index contributed by atoms with van der Waals surface area (Å²) in [5.41, 5.74) is 0. The number of nitrogens with one attached hydrogen (secondary N) is 2. The van der Waals surface area contributed by atoms with E-state index in [0.29, 0.717) is 13.2 Å². The minimum Gasteiger partial charge on any atom is -0.381 e. The fraction of sp³-hybridized carbons (Fsp3) is 0.917. The third-order valence-corrected chi connectivity index (χ3v) is 4.57. The smallest absolute Gasteiger partial charge is 0.237 e. The quantitative estimate of drug-likeness (QED) is 0.542. The zero-order valence-corrected chi connectivity index (χ0v) is 13.0. The predicted octanol–water partition coefficient (Wildman–Crippen LogP) is -0.847. The molecule has 1 aliphatic heterocycles. The average Bonchev–Trinajstić information content (AvgIpc) is 2.85. The van der Waals surface area contributed by atoms with E-state index in [1.54, 1.807) is 11.8 Å². The summed E-state index contributed by atoms with van der Waals surface area (Å²) in [6.45, 7) is 3.70. The van der Waals surface area contributed by atoms with Crippen LogP contribution in [0.2, 0.25) is 0 Å². The molecule has 0 spiro atoms. The van der Waals surface area contributed by atoms with Gasteiger partial charge < -0.3 is 15.0 Å². The van der Waals surface area contributed by atoms with Crippen LogP contribution in [0.1, 0.15) is 19.8 Å². The van der Waals surface area contributed by atoms with Gasteiger partial charge in [-0.25, -0.2) is 13.1 Å². The number of nitrogens with zero attached hydrogens (tertiary/aromatic N) is 1. The highest BCUT2D eigenvalue weighted by atomic mass is 32.2. The number of ether oxygens (including phenoxy) is 1. The second-order valence-electron chi connectivity index (χ2n) is 4.78. The Balaban J connectivity index is 2.38. The Bertz CT molecular complexity index is 400. The van der Waals surface area contributed by atoms with Gasteiger partial charge in [0.1, 0.15) is 0 Å². The molecular weight excluding hydrogens is 282 g/mol. The van der Waals surface area contributed by atoms with Crippen molar-refractivity contribution < 1.29 is 17.9 Å². The summed E-state index contributed by atoms with van der Waals surface area (Å²) in [5.74, 6) is -0.281. The number of hydrogen-bond acceptors (Lipinski definition) is 5. The molecular formula is C12H25N3O4S. The van der Waals surface area contributed by atoms with Gasteiger partial charge >= 0.3 is 0 Å². The molecule has 2 N–H and O–H groups in total. The fourth-order valence-electron chi connectivity index (χ4n) is 2.27. The van der Waals surface area contributed by atoms with Crippen molar-refractivity contribution in [2.24, 2.45) is 0 Å². The second kappa shape index (κ2) is 8.56. The normalized spacial score (nSPS) is 19.5. The van der Waals surface area contributed by atoms with Gasteiger partial charge in [-0.2, -0.15) is 0 Å². The zero-order valence-electron chi connectivity index (χ0n) is 12.2. The third-order valence-electron chi connectivity index (χ3n) is 3.28. The van der Waals surface area contributed by atoms with Crippen molar-refractivity contribution in [3.63, 3.8) is 0 Å². The molecule has 1 amide bonds. The van der Waals surface area contributed by atoms with Gasteiger partial charge in [0.05, 0.1) is 18.9 Å². The molecule has 0 radical (unpaired) electrons. The van der Waals surface area contributed by atoms with Crippen LogP contribution in [0.25, 0.3) is 0 Å². The summed E-state index contributed by atoms with van der Waals surface area (Å²) in [7, 11) is -1.60. The lowest BCUT2D eigenvalue weighted by Crippen LogP contribution is -2.46. The molecule has 0 aromatic rings. The van der Waals surface area contributed by atoms with Crippen LogP contribution in [0, 0.1) is 0 Å². The summed E-state index contributed by atoms with van der Waals surface area (Å²) < 4.78 is 30.7. The van der Waals surface area contributed by atoms with E-state index in [1.165, 1.54) is 0 Å². The molecule has 1 fully saturated rings. The first kappa shape index (κ1) is 17.4. The Labute approximate surface area is 121 Å². The molecule has 0 saturated carbocycles. The summed E-state index contributed by atoms with van der Waals surface area (Å²) in [4.78, 5) is 13.8. The maximum atomic E-state index is 12.0. The lowest BCUT2D eigenvalue weighted by molar-refractivity contribution is -0.130. The van der Waals surface area contributed by atoms with Crippen molar-refractivity contribution in [2.45, 2.75) is 25.8 Å². The van der Waals surface area contributed by atoms with E-state index in [0.717, 1.165) is 19.4 Å². The highest BCUT2D eigenvalue weighted by molar-refractivity contribution is 7.89. The van der Waals surface area contributed by atoms with Crippen LogP contribution < -0.4 is 10.0 Å². The minimum absolute atomic E-state index is 0.117. The van der Waals surface area contributed by atoms with E-state index >= 15 is 0 Å². The lowest BCUT2D eigenvalue weighted by Gasteiger charge is -2.24. The molecule has 118 valence electrons. The van der Waals surface area contributed by atoms with Crippen molar-refractivity contribution in [1.82, 2.24) is 14.9 Å². The Morgan fingerprint density at radius 2 is 2.20 bits per heavy atom. The summed E-state index contributed by atoms with van der Waals surface area (Å²) >= 11 is 0. The molecule has 0 aromatic carbocycles. The van der Waals surface area contributed by atoms with Gasteiger partial charge in [-0.1, -0.05) is 0 Å². The van der Waals surface area contributed by atoms with Crippen LogP contribution in [0.15, 0.2) is 0 Å². The van der Waals surface area contributed by atoms with Crippen LogP contribution in [0.3, 0.4) is 0 Å². The van der Waals surface area contributed by atoms with Crippen molar-refractivity contribution in [2.75, 3.05) is 45.6 Å². The van der Waals surface area contributed by atoms with Crippen LogP contribution in [-0.2, 0) is 19.6 Å². The van der Waals surface area contributed by atoms with Gasteiger partial charge in [-0.05, 0) is 26.8 Å². The number of amides is 1. The average molecular weight is 307 g/mol. The SMILES string of the molecule is CCOCCS(=O)(=O)NCC(=O)N1CCCC1CNC. The Morgan fingerprint density at radius 1 is 1.45 bits per heavy atom. The molecule has 0 aliphatic carbocycles. The minimum atomic E-state index is -3.45. The van der Waals surface area contributed by atoms with Crippen LogP contribution in [0.5, 0.6) is 0 Å². The van der Waals surface area contributed by atoms with E-state index in [1.807, 2.05) is 7.05 Å². The highest BCUT2D eigenvalue weighted by Crippen LogP contribution is 2.16. The Hall–Kier alpha value is -0.700. The van der Waals surface area contributed by atoms with E-state index < -0.39 is 10.0 Å². The maximum absolute atomic E-state index is 12.0. The topological polar surface area (TPSA) is 87.7 Å². The van der Waals surface area contributed by atoms with Crippen LogP contribution in [0.4, 0.5) is 0 Å². The van der Waals surface area contributed by atoms with Crippen molar-refractivity contribution in [3.8, 4) is 0 Å². The third kappa shape index (κ3) is 5.74. The Kier molecular flexibility index (Phi) is 7.42. The van der Waals surface area contributed by atoms with Gasteiger partial charge in [-0.3, -0.25) is 4.79 Å². The van der Waals surface area contributed by atoms with Crippen LogP contribution >= 0.6 is 0 Å². The Morgan fingerprint density at radius 3 is 2.85 bits per heavy atom. The lowest BCUT2D eigenvalue weighted by atomic mass is 10.2. The van der Waals surface area contributed by atoms with Crippen molar-refractivity contribution in [3.05, 3.63) is 0 Å². The first-order valence-corrected chi connectivity index (χ1v) is 8.64. The molecule has 1 aliphatic rings. The molecule has 1 atom stereocenters. The standard InChI is InChI=1S/C12H25N3O4S/c1-3-19-7-8-20(17,18)14-10-12(16)15-6-4-5-11(15)9-13-2/h11,13-14H,3-10H2,1-2H3. The molecule has 1 heterocycles. The molecule has 0 aromatic heterocycles. The van der Waals surface area contributed by atoms with E-state index in [-0.39, 0.29) is 30.9 Å². The van der Waals surface area contributed by atoms with E-state index in [9.17, 15) is 13.2 Å². The van der Waals surface area contributed by atoms with Gasteiger partial charge in [0.15, 0.2) is 0 Å². The molecule has 1 rings (SSSR count). The van der Waals surface area contributed by atoms with Crippen molar-refractivity contribution in [1.29, 1.82) is 0 Å². The maximum Gasteiger partial charge on any atom is 0.237 e. The fourth-order valence-corrected chi connectivity index (χ4v) is 3.10. The molecule has 0 bridgehead atoms. The van der Waals surface area contributed by atoms with Gasteiger partial charge in [0, 0.05) is 25.7 Å². The summed E-state index contributed by atoms with van der Waals surface area (Å²) in [5, 5.41) is 3.05. The molecule has 20 heavy (non-hydrogen) atoms. The zero-order chi connectivity index (χ0) is 15.0. The largest absolute Gasteiger partial charge is 0.381 e. The van der Waals surface area contributed by atoms with Crippen molar-refractivity contribution >= 4 is 15.9 Å². The van der Waals surface area contributed by atoms with Gasteiger partial charge in [0.2, 0.25) is 15.9 Å². The molecule has 7 nitrogen and oxygen atoms in total. The second-order valence-corrected chi connectivity index (χ2v) is 6.70. The van der Waals surface area contributed by atoms with Crippen LogP contribution in [-0.4, -0.2) is 70.9 Å². The van der Waals surface area contributed by atoms with Gasteiger partial charge in [-0.15, -0.1) is 0 Å². The van der Waals surface area contributed by atoms with E-state index in [2.05, 4.69) is 10.0 Å². The first-order chi connectivity index (χ1) is 9.50. The number of sulfonamides is 1. The predicted molar refractivity (Wildman–Crippen MR) is 76.9 cm³/mol.